The molecule has 0 saturated carbocycles. The minimum Gasteiger partial charge on any atom is -0.353 e. The maximum absolute atomic E-state index is 4.43. The van der Waals surface area contributed by atoms with Gasteiger partial charge in [-0.05, 0) is 49.5 Å². The minimum atomic E-state index is 0.722. The van der Waals surface area contributed by atoms with E-state index in [4.69, 9.17) is 0 Å². The Bertz CT molecular complexity index is 480. The zero-order chi connectivity index (χ0) is 12.1. The number of aromatic nitrogens is 3. The van der Waals surface area contributed by atoms with Crippen LogP contribution < -0.4 is 5.32 Å². The number of pyridine rings is 1. The van der Waals surface area contributed by atoms with E-state index in [1.807, 2.05) is 30.1 Å². The van der Waals surface area contributed by atoms with Crippen LogP contribution in [0.15, 0.2) is 18.3 Å². The predicted molar refractivity (Wildman–Crippen MR) is 73.8 cm³/mol. The Balaban J connectivity index is 1.91. The second kappa shape index (κ2) is 5.91. The normalized spacial score (nSPS) is 10.9. The lowest BCUT2D eigenvalue weighted by atomic mass is 10.3. The molecule has 5 heteroatoms. The summed E-state index contributed by atoms with van der Waals surface area (Å²) in [7, 11) is 0. The highest BCUT2D eigenvalue weighted by Crippen LogP contribution is 2.07. The Labute approximate surface area is 106 Å². The number of nitrogens with zero attached hydrogens (tertiary/aromatic N) is 3. The lowest BCUT2D eigenvalue weighted by Crippen LogP contribution is -2.03. The summed E-state index contributed by atoms with van der Waals surface area (Å²) in [4.78, 5) is 4.43. The maximum atomic E-state index is 4.43. The summed E-state index contributed by atoms with van der Waals surface area (Å²) in [6.07, 6.45) is 6.48. The lowest BCUT2D eigenvalue weighted by Gasteiger charge is -1.99. The smallest absolute Gasteiger partial charge is 0.243 e. The summed E-state index contributed by atoms with van der Waals surface area (Å²) in [6, 6.07) is 4.07. The summed E-state index contributed by atoms with van der Waals surface area (Å²) in [5.74, 6) is 1.94. The highest BCUT2D eigenvalue weighted by Gasteiger charge is 2.02. The van der Waals surface area contributed by atoms with E-state index >= 15 is 0 Å². The van der Waals surface area contributed by atoms with Crippen molar-refractivity contribution in [3.05, 3.63) is 23.9 Å². The summed E-state index contributed by atoms with van der Waals surface area (Å²) < 4.78 is 1.80. The molecule has 92 valence electrons. The highest BCUT2D eigenvalue weighted by molar-refractivity contribution is 7.98. The molecule has 0 bridgehead atoms. The van der Waals surface area contributed by atoms with Gasteiger partial charge in [-0.25, -0.2) is 4.52 Å². The van der Waals surface area contributed by atoms with E-state index in [0.717, 1.165) is 24.6 Å². The van der Waals surface area contributed by atoms with Crippen molar-refractivity contribution in [1.29, 1.82) is 0 Å². The standard InChI is InChI=1S/C12H18N4S/c1-10-5-7-16-11(9-10)14-12(15-16)13-6-3-4-8-17-2/h5,7,9H,3-4,6,8H2,1-2H3,(H,13,15). The number of fused-ring (bicyclic) bond motifs is 1. The molecule has 0 saturated heterocycles. The SMILES string of the molecule is CSCCCCNc1nc2cc(C)ccn2n1. The average molecular weight is 250 g/mol. The molecule has 0 aliphatic rings. The molecule has 0 unspecified atom stereocenters. The van der Waals surface area contributed by atoms with Crippen LogP contribution in [0.5, 0.6) is 0 Å². The fourth-order valence-corrected chi connectivity index (χ4v) is 2.12. The van der Waals surface area contributed by atoms with Gasteiger partial charge in [-0.3, -0.25) is 0 Å². The Morgan fingerprint density at radius 3 is 3.12 bits per heavy atom. The quantitative estimate of drug-likeness (QED) is 0.800. The molecule has 0 aromatic carbocycles. The molecule has 17 heavy (non-hydrogen) atoms. The number of anilines is 1. The number of thioether (sulfide) groups is 1. The van der Waals surface area contributed by atoms with Gasteiger partial charge in [0.1, 0.15) is 0 Å². The van der Waals surface area contributed by atoms with Crippen LogP contribution in [0.25, 0.3) is 5.65 Å². The van der Waals surface area contributed by atoms with E-state index in [-0.39, 0.29) is 0 Å². The van der Waals surface area contributed by atoms with Crippen molar-refractivity contribution in [3.63, 3.8) is 0 Å². The van der Waals surface area contributed by atoms with Gasteiger partial charge in [0, 0.05) is 12.7 Å². The summed E-state index contributed by atoms with van der Waals surface area (Å²) in [6.45, 7) is 3.00. The van der Waals surface area contributed by atoms with E-state index in [1.165, 1.54) is 17.7 Å². The minimum absolute atomic E-state index is 0.722. The van der Waals surface area contributed by atoms with Crippen LogP contribution >= 0.6 is 11.8 Å². The van der Waals surface area contributed by atoms with Gasteiger partial charge in [0.15, 0.2) is 5.65 Å². The van der Waals surface area contributed by atoms with Crippen LogP contribution in [0.1, 0.15) is 18.4 Å². The fraction of sp³-hybridized carbons (Fsp3) is 0.500. The zero-order valence-corrected chi connectivity index (χ0v) is 11.1. The van der Waals surface area contributed by atoms with Crippen LogP contribution in [0, 0.1) is 6.92 Å². The van der Waals surface area contributed by atoms with E-state index in [9.17, 15) is 0 Å². The highest BCUT2D eigenvalue weighted by atomic mass is 32.2. The van der Waals surface area contributed by atoms with E-state index in [0.29, 0.717) is 0 Å². The molecule has 0 aliphatic carbocycles. The second-order valence-electron chi connectivity index (χ2n) is 4.07. The van der Waals surface area contributed by atoms with Gasteiger partial charge >= 0.3 is 0 Å². The van der Waals surface area contributed by atoms with Crippen LogP contribution in [0.3, 0.4) is 0 Å². The lowest BCUT2D eigenvalue weighted by molar-refractivity contribution is 0.832. The maximum Gasteiger partial charge on any atom is 0.243 e. The number of hydrogen-bond acceptors (Lipinski definition) is 4. The average Bonchev–Trinajstić information content (AvgIpc) is 2.70. The van der Waals surface area contributed by atoms with Gasteiger partial charge in [-0.2, -0.15) is 16.7 Å². The molecule has 0 radical (unpaired) electrons. The number of nitrogens with one attached hydrogen (secondary N) is 1. The monoisotopic (exact) mass is 250 g/mol. The number of hydrogen-bond donors (Lipinski definition) is 1. The van der Waals surface area contributed by atoms with E-state index < -0.39 is 0 Å². The molecule has 0 atom stereocenters. The largest absolute Gasteiger partial charge is 0.353 e. The van der Waals surface area contributed by atoms with E-state index in [1.54, 1.807) is 4.52 Å². The number of unbranched alkanes of at least 4 members (excludes halogenated alkanes) is 1. The Morgan fingerprint density at radius 1 is 1.41 bits per heavy atom. The molecule has 2 rings (SSSR count). The van der Waals surface area contributed by atoms with Crippen LogP contribution in [-0.2, 0) is 0 Å². The number of aryl methyl sites for hydroxylation is 1. The van der Waals surface area contributed by atoms with Crippen molar-refractivity contribution in [3.8, 4) is 0 Å². The van der Waals surface area contributed by atoms with Gasteiger partial charge in [-0.1, -0.05) is 0 Å². The summed E-state index contributed by atoms with van der Waals surface area (Å²) >= 11 is 1.89. The van der Waals surface area contributed by atoms with E-state index in [2.05, 4.69) is 28.6 Å². The zero-order valence-electron chi connectivity index (χ0n) is 10.3. The molecule has 2 aromatic rings. The molecule has 0 aliphatic heterocycles. The molecule has 4 nitrogen and oxygen atoms in total. The molecule has 0 fully saturated rings. The first-order chi connectivity index (χ1) is 8.29. The van der Waals surface area contributed by atoms with Crippen LogP contribution in [-0.4, -0.2) is 33.2 Å². The van der Waals surface area contributed by atoms with Gasteiger partial charge in [0.05, 0.1) is 0 Å². The molecule has 1 N–H and O–H groups in total. The second-order valence-corrected chi connectivity index (χ2v) is 5.05. The predicted octanol–water partition coefficient (Wildman–Crippen LogP) is 2.59. The van der Waals surface area contributed by atoms with Crippen molar-refractivity contribution in [2.45, 2.75) is 19.8 Å². The van der Waals surface area contributed by atoms with Gasteiger partial charge < -0.3 is 5.32 Å². The fourth-order valence-electron chi connectivity index (χ4n) is 1.63. The van der Waals surface area contributed by atoms with Crippen molar-refractivity contribution in [2.24, 2.45) is 0 Å². The Hall–Kier alpha value is -1.23. The number of rotatable bonds is 6. The van der Waals surface area contributed by atoms with Crippen molar-refractivity contribution in [1.82, 2.24) is 14.6 Å². The van der Waals surface area contributed by atoms with Crippen LogP contribution in [0.4, 0.5) is 5.95 Å². The first-order valence-corrected chi connectivity index (χ1v) is 7.25. The third kappa shape index (κ3) is 3.36. The first kappa shape index (κ1) is 12.2. The molecular formula is C12H18N4S. The molecular weight excluding hydrogens is 232 g/mol. The topological polar surface area (TPSA) is 42.2 Å². The Morgan fingerprint density at radius 2 is 2.29 bits per heavy atom. The molecule has 2 aromatic heterocycles. The Kier molecular flexibility index (Phi) is 4.25. The summed E-state index contributed by atoms with van der Waals surface area (Å²) in [5.41, 5.74) is 2.10. The third-order valence-corrected chi connectivity index (χ3v) is 3.25. The third-order valence-electron chi connectivity index (χ3n) is 2.55. The van der Waals surface area contributed by atoms with Crippen molar-refractivity contribution >= 4 is 23.4 Å². The van der Waals surface area contributed by atoms with Crippen LogP contribution in [0.2, 0.25) is 0 Å². The molecule has 0 spiro atoms. The van der Waals surface area contributed by atoms with Gasteiger partial charge in [-0.15, -0.1) is 5.10 Å². The molecule has 2 heterocycles. The van der Waals surface area contributed by atoms with Gasteiger partial charge in [0.2, 0.25) is 5.95 Å². The molecule has 0 amide bonds. The summed E-state index contributed by atoms with van der Waals surface area (Å²) in [5, 5.41) is 7.62. The van der Waals surface area contributed by atoms with Crippen molar-refractivity contribution < 1.29 is 0 Å². The van der Waals surface area contributed by atoms with Gasteiger partial charge in [0.25, 0.3) is 0 Å². The first-order valence-electron chi connectivity index (χ1n) is 5.85. The van der Waals surface area contributed by atoms with Crippen molar-refractivity contribution in [2.75, 3.05) is 23.9 Å².